The lowest BCUT2D eigenvalue weighted by atomic mass is 9.43. The third kappa shape index (κ3) is 3.52. The van der Waals surface area contributed by atoms with E-state index in [0.717, 1.165) is 44.1 Å². The molecular formula is C27H42O4. The molecule has 0 aromatic heterocycles. The maximum atomic E-state index is 13.9. The zero-order valence-corrected chi connectivity index (χ0v) is 20.2. The van der Waals surface area contributed by atoms with Crippen LogP contribution in [0.2, 0.25) is 0 Å². The summed E-state index contributed by atoms with van der Waals surface area (Å²) in [6, 6.07) is 0. The monoisotopic (exact) mass is 430 g/mol. The maximum Gasteiger partial charge on any atom is 0.305 e. The van der Waals surface area contributed by atoms with Crippen molar-refractivity contribution in [1.82, 2.24) is 0 Å². The Morgan fingerprint density at radius 2 is 1.84 bits per heavy atom. The lowest BCUT2D eigenvalue weighted by Gasteiger charge is -2.61. The molecule has 31 heavy (non-hydrogen) atoms. The van der Waals surface area contributed by atoms with E-state index in [2.05, 4.69) is 26.8 Å². The quantitative estimate of drug-likeness (QED) is 0.484. The fourth-order valence-electron chi connectivity index (χ4n) is 8.81. The number of carbonyl (C=O) groups excluding carboxylic acids is 2. The van der Waals surface area contributed by atoms with Crippen LogP contribution in [0.1, 0.15) is 85.5 Å². The molecule has 0 heterocycles. The number of aliphatic hydroxyl groups is 1. The van der Waals surface area contributed by atoms with E-state index in [9.17, 15) is 14.7 Å². The van der Waals surface area contributed by atoms with Gasteiger partial charge in [-0.3, -0.25) is 9.59 Å². The van der Waals surface area contributed by atoms with Crippen molar-refractivity contribution in [3.05, 3.63) is 11.6 Å². The predicted molar refractivity (Wildman–Crippen MR) is 121 cm³/mol. The highest BCUT2D eigenvalue weighted by Gasteiger charge is 2.64. The van der Waals surface area contributed by atoms with Crippen molar-refractivity contribution in [3.63, 3.8) is 0 Å². The number of fused-ring (bicyclic) bond motifs is 5. The van der Waals surface area contributed by atoms with E-state index in [4.69, 9.17) is 4.74 Å². The highest BCUT2D eigenvalue weighted by Crippen LogP contribution is 2.68. The lowest BCUT2D eigenvalue weighted by Crippen LogP contribution is -2.58. The van der Waals surface area contributed by atoms with Crippen LogP contribution < -0.4 is 0 Å². The number of carbonyl (C=O) groups is 2. The van der Waals surface area contributed by atoms with Crippen molar-refractivity contribution in [2.24, 2.45) is 46.3 Å². The minimum atomic E-state index is -0.266. The first-order valence-corrected chi connectivity index (χ1v) is 12.6. The Bertz CT molecular complexity index is 756. The lowest BCUT2D eigenvalue weighted by molar-refractivity contribution is -0.150. The fourth-order valence-corrected chi connectivity index (χ4v) is 8.81. The number of aliphatic hydroxyl groups excluding tert-OH is 1. The average molecular weight is 431 g/mol. The number of methoxy groups -OCH3 is 1. The molecule has 0 spiro atoms. The summed E-state index contributed by atoms with van der Waals surface area (Å²) in [6.07, 6.45) is 10.4. The number of hydrogen-bond acceptors (Lipinski definition) is 4. The summed E-state index contributed by atoms with van der Waals surface area (Å²) in [5.74, 6) is 2.57. The predicted octanol–water partition coefficient (Wildman–Crippen LogP) is 5.33. The summed E-state index contributed by atoms with van der Waals surface area (Å²) in [4.78, 5) is 25.6. The molecule has 4 aliphatic rings. The van der Waals surface area contributed by atoms with Gasteiger partial charge in [0.05, 0.1) is 13.2 Å². The Kier molecular flexibility index (Phi) is 6.17. The molecule has 4 aliphatic carbocycles. The van der Waals surface area contributed by atoms with Crippen molar-refractivity contribution < 1.29 is 19.4 Å². The molecule has 0 aliphatic heterocycles. The standard InChI is InChI=1S/C27H42O4/c1-6-18-22-15-17(28)11-13-27(22,4)21-12-14-26(3)19(16(2)7-10-23(29)31-5)8-9-20(26)24(21)25(18)30/h6,16-17,19-22,24,28H,7-15H2,1-5H3/b18-6+/t16-,17-,19-,20?,21?,22+,24?,26-,27-/m1/s1. The number of ether oxygens (including phenoxy) is 1. The van der Waals surface area contributed by atoms with Crippen LogP contribution in [0.5, 0.6) is 0 Å². The van der Waals surface area contributed by atoms with Crippen molar-refractivity contribution in [2.75, 3.05) is 7.11 Å². The first-order valence-electron chi connectivity index (χ1n) is 12.6. The number of hydrogen-bond donors (Lipinski definition) is 1. The Hall–Kier alpha value is -1.16. The van der Waals surface area contributed by atoms with Crippen LogP contribution in [0.4, 0.5) is 0 Å². The van der Waals surface area contributed by atoms with E-state index in [1.807, 2.05) is 6.92 Å². The van der Waals surface area contributed by atoms with Gasteiger partial charge in [0, 0.05) is 12.3 Å². The number of allylic oxidation sites excluding steroid dienone is 2. The average Bonchev–Trinajstić information content (AvgIpc) is 3.10. The summed E-state index contributed by atoms with van der Waals surface area (Å²) >= 11 is 0. The van der Waals surface area contributed by atoms with Gasteiger partial charge in [0.25, 0.3) is 0 Å². The summed E-state index contributed by atoms with van der Waals surface area (Å²) in [5, 5.41) is 10.4. The third-order valence-corrected chi connectivity index (χ3v) is 10.5. The number of rotatable bonds is 4. The van der Waals surface area contributed by atoms with Crippen LogP contribution in [-0.2, 0) is 14.3 Å². The van der Waals surface area contributed by atoms with E-state index in [1.165, 1.54) is 20.0 Å². The molecule has 0 aromatic rings. The molecule has 174 valence electrons. The second kappa shape index (κ2) is 8.32. The molecule has 0 bridgehead atoms. The molecule has 4 fully saturated rings. The van der Waals surface area contributed by atoms with Crippen LogP contribution in [0.25, 0.3) is 0 Å². The third-order valence-electron chi connectivity index (χ3n) is 10.5. The zero-order chi connectivity index (χ0) is 22.6. The normalized spacial score (nSPS) is 46.8. The van der Waals surface area contributed by atoms with Gasteiger partial charge in [-0.1, -0.05) is 26.8 Å². The molecule has 4 rings (SSSR count). The van der Waals surface area contributed by atoms with Crippen molar-refractivity contribution >= 4 is 11.8 Å². The number of ketones is 1. The highest BCUT2D eigenvalue weighted by atomic mass is 16.5. The van der Waals surface area contributed by atoms with Gasteiger partial charge >= 0.3 is 5.97 Å². The van der Waals surface area contributed by atoms with E-state index < -0.39 is 0 Å². The van der Waals surface area contributed by atoms with Crippen molar-refractivity contribution in [2.45, 2.75) is 91.6 Å². The summed E-state index contributed by atoms with van der Waals surface area (Å²) in [7, 11) is 1.47. The number of Topliss-reactive ketones (excluding diaryl/α,β-unsaturated/α-hetero) is 1. The van der Waals surface area contributed by atoms with Crippen LogP contribution in [0.15, 0.2) is 11.6 Å². The summed E-state index contributed by atoms with van der Waals surface area (Å²) < 4.78 is 4.87. The van der Waals surface area contributed by atoms with Crippen LogP contribution >= 0.6 is 0 Å². The Labute approximate surface area is 188 Å². The molecule has 3 unspecified atom stereocenters. The topological polar surface area (TPSA) is 63.6 Å². The molecule has 4 saturated carbocycles. The Morgan fingerprint density at radius 1 is 1.16 bits per heavy atom. The van der Waals surface area contributed by atoms with Crippen LogP contribution in [-0.4, -0.2) is 30.1 Å². The summed E-state index contributed by atoms with van der Waals surface area (Å²) in [5.41, 5.74) is 1.33. The minimum absolute atomic E-state index is 0.117. The number of esters is 1. The van der Waals surface area contributed by atoms with Gasteiger partial charge in [0.1, 0.15) is 0 Å². The zero-order valence-electron chi connectivity index (χ0n) is 20.2. The van der Waals surface area contributed by atoms with Gasteiger partial charge in [0.15, 0.2) is 5.78 Å². The molecule has 0 saturated heterocycles. The van der Waals surface area contributed by atoms with E-state index in [-0.39, 0.29) is 34.7 Å². The van der Waals surface area contributed by atoms with Crippen molar-refractivity contribution in [3.8, 4) is 0 Å². The maximum absolute atomic E-state index is 13.9. The molecule has 4 nitrogen and oxygen atoms in total. The largest absolute Gasteiger partial charge is 0.469 e. The first-order chi connectivity index (χ1) is 14.7. The van der Waals surface area contributed by atoms with Gasteiger partial charge < -0.3 is 9.84 Å². The van der Waals surface area contributed by atoms with Crippen LogP contribution in [0.3, 0.4) is 0 Å². The van der Waals surface area contributed by atoms with E-state index in [0.29, 0.717) is 35.9 Å². The summed E-state index contributed by atoms with van der Waals surface area (Å²) in [6.45, 7) is 9.18. The SMILES string of the molecule is C/C=C1/C(=O)C2C3CC[C@H]([C@H](C)CCC(=O)OC)[C@@]3(C)CCC2[C@@]2(C)CC[C@@H](O)C[C@@H]12. The smallest absolute Gasteiger partial charge is 0.305 e. The van der Waals surface area contributed by atoms with E-state index in [1.54, 1.807) is 0 Å². The second-order valence-corrected chi connectivity index (χ2v) is 11.7. The van der Waals surface area contributed by atoms with Gasteiger partial charge in [-0.25, -0.2) is 0 Å². The first kappa shape index (κ1) is 23.0. The molecule has 4 heteroatoms. The molecule has 0 radical (unpaired) electrons. The molecular weight excluding hydrogens is 388 g/mol. The van der Waals surface area contributed by atoms with Gasteiger partial charge in [0.2, 0.25) is 0 Å². The van der Waals surface area contributed by atoms with Crippen LogP contribution in [0, 0.1) is 46.3 Å². The van der Waals surface area contributed by atoms with Gasteiger partial charge in [-0.15, -0.1) is 0 Å². The van der Waals surface area contributed by atoms with Gasteiger partial charge in [-0.2, -0.15) is 0 Å². The molecule has 0 amide bonds. The second-order valence-electron chi connectivity index (χ2n) is 11.7. The Morgan fingerprint density at radius 3 is 2.52 bits per heavy atom. The molecule has 0 aromatic carbocycles. The fraction of sp³-hybridized carbons (Fsp3) is 0.852. The molecule has 1 N–H and O–H groups in total. The minimum Gasteiger partial charge on any atom is -0.469 e. The highest BCUT2D eigenvalue weighted by molar-refractivity contribution is 5.99. The van der Waals surface area contributed by atoms with Gasteiger partial charge in [-0.05, 0) is 104 Å². The Balaban J connectivity index is 1.61. The van der Waals surface area contributed by atoms with Crippen molar-refractivity contribution in [1.29, 1.82) is 0 Å². The van der Waals surface area contributed by atoms with E-state index >= 15 is 0 Å². The molecule has 9 atom stereocenters.